The van der Waals surface area contributed by atoms with Gasteiger partial charge in [-0.25, -0.2) is 9.97 Å². The predicted octanol–water partition coefficient (Wildman–Crippen LogP) is 1.22. The van der Waals surface area contributed by atoms with Crippen LogP contribution >= 0.6 is 0 Å². The van der Waals surface area contributed by atoms with Crippen molar-refractivity contribution in [3.8, 4) is 11.5 Å². The van der Waals surface area contributed by atoms with Crippen molar-refractivity contribution in [2.75, 3.05) is 20.3 Å². The Hall–Kier alpha value is -2.63. The van der Waals surface area contributed by atoms with Gasteiger partial charge in [-0.2, -0.15) is 0 Å². The zero-order chi connectivity index (χ0) is 14.9. The molecule has 0 aliphatic heterocycles. The molecular weight excluding hydrogens is 270 g/mol. The number of aromatic nitrogens is 2. The minimum atomic E-state index is -0.164. The summed E-state index contributed by atoms with van der Waals surface area (Å²) in [4.78, 5) is 19.5. The van der Waals surface area contributed by atoms with Crippen molar-refractivity contribution in [2.24, 2.45) is 0 Å². The molecule has 2 aromatic rings. The van der Waals surface area contributed by atoms with E-state index in [0.29, 0.717) is 18.7 Å². The number of nitrogens with one attached hydrogen (secondary N) is 1. The monoisotopic (exact) mass is 287 g/mol. The highest BCUT2D eigenvalue weighted by atomic mass is 16.5. The minimum Gasteiger partial charge on any atom is -0.497 e. The first-order chi connectivity index (χ1) is 10.3. The SMILES string of the molecule is COc1ccc(OCC(=O)NCCc2cncnc2)cc1. The Bertz CT molecular complexity index is 558. The van der Waals surface area contributed by atoms with Gasteiger partial charge in [-0.1, -0.05) is 0 Å². The fourth-order valence-electron chi connectivity index (χ4n) is 1.68. The lowest BCUT2D eigenvalue weighted by Gasteiger charge is -2.08. The number of methoxy groups -OCH3 is 1. The maximum Gasteiger partial charge on any atom is 0.257 e. The van der Waals surface area contributed by atoms with Gasteiger partial charge in [0.2, 0.25) is 0 Å². The molecule has 0 saturated heterocycles. The third-order valence-electron chi connectivity index (χ3n) is 2.78. The lowest BCUT2D eigenvalue weighted by atomic mass is 10.2. The molecule has 21 heavy (non-hydrogen) atoms. The number of rotatable bonds is 7. The van der Waals surface area contributed by atoms with E-state index in [1.807, 2.05) is 0 Å². The average Bonchev–Trinajstić information content (AvgIpc) is 2.54. The number of carbonyl (C=O) groups excluding carboxylic acids is 1. The van der Waals surface area contributed by atoms with Crippen molar-refractivity contribution in [2.45, 2.75) is 6.42 Å². The third kappa shape index (κ3) is 5.10. The van der Waals surface area contributed by atoms with Crippen molar-refractivity contribution < 1.29 is 14.3 Å². The largest absolute Gasteiger partial charge is 0.497 e. The van der Waals surface area contributed by atoms with E-state index in [9.17, 15) is 4.79 Å². The van der Waals surface area contributed by atoms with E-state index in [2.05, 4.69) is 15.3 Å². The van der Waals surface area contributed by atoms with Crippen LogP contribution in [0.5, 0.6) is 11.5 Å². The Morgan fingerprint density at radius 3 is 2.48 bits per heavy atom. The molecule has 1 N–H and O–H groups in total. The van der Waals surface area contributed by atoms with Crippen LogP contribution in [0.15, 0.2) is 43.0 Å². The molecule has 1 heterocycles. The number of nitrogens with zero attached hydrogens (tertiary/aromatic N) is 2. The molecule has 0 spiro atoms. The van der Waals surface area contributed by atoms with Crippen LogP contribution < -0.4 is 14.8 Å². The first-order valence-electron chi connectivity index (χ1n) is 6.55. The van der Waals surface area contributed by atoms with E-state index < -0.39 is 0 Å². The topological polar surface area (TPSA) is 73.3 Å². The van der Waals surface area contributed by atoms with E-state index in [4.69, 9.17) is 9.47 Å². The van der Waals surface area contributed by atoms with Gasteiger partial charge in [0.05, 0.1) is 7.11 Å². The van der Waals surface area contributed by atoms with Crippen LogP contribution in [0.3, 0.4) is 0 Å². The Balaban J connectivity index is 1.67. The van der Waals surface area contributed by atoms with Crippen LogP contribution in [0.4, 0.5) is 0 Å². The number of benzene rings is 1. The normalized spacial score (nSPS) is 9.95. The van der Waals surface area contributed by atoms with Crippen molar-refractivity contribution in [3.63, 3.8) is 0 Å². The molecule has 0 atom stereocenters. The molecule has 0 radical (unpaired) electrons. The molecule has 1 aromatic heterocycles. The van der Waals surface area contributed by atoms with Crippen LogP contribution in [0, 0.1) is 0 Å². The molecule has 2 rings (SSSR count). The Morgan fingerprint density at radius 1 is 1.14 bits per heavy atom. The highest BCUT2D eigenvalue weighted by Gasteiger charge is 2.03. The maximum atomic E-state index is 11.6. The summed E-state index contributed by atoms with van der Waals surface area (Å²) >= 11 is 0. The smallest absolute Gasteiger partial charge is 0.257 e. The van der Waals surface area contributed by atoms with Gasteiger partial charge in [0, 0.05) is 18.9 Å². The summed E-state index contributed by atoms with van der Waals surface area (Å²) in [7, 11) is 1.60. The standard InChI is InChI=1S/C15H17N3O3/c1-20-13-2-4-14(5-3-13)21-10-15(19)18-7-6-12-8-16-11-17-9-12/h2-5,8-9,11H,6-7,10H2,1H3,(H,18,19). The third-order valence-corrected chi connectivity index (χ3v) is 2.78. The van der Waals surface area contributed by atoms with Gasteiger partial charge >= 0.3 is 0 Å². The van der Waals surface area contributed by atoms with Crippen molar-refractivity contribution in [1.82, 2.24) is 15.3 Å². The molecule has 0 aliphatic rings. The number of hydrogen-bond donors (Lipinski definition) is 1. The van der Waals surface area contributed by atoms with Crippen LogP contribution in [0.2, 0.25) is 0 Å². The lowest BCUT2D eigenvalue weighted by Crippen LogP contribution is -2.30. The molecule has 0 bridgehead atoms. The summed E-state index contributed by atoms with van der Waals surface area (Å²) in [6.45, 7) is 0.510. The zero-order valence-electron chi connectivity index (χ0n) is 11.8. The fraction of sp³-hybridized carbons (Fsp3) is 0.267. The highest BCUT2D eigenvalue weighted by Crippen LogP contribution is 2.16. The zero-order valence-corrected chi connectivity index (χ0v) is 11.8. The Labute approximate surface area is 123 Å². The first-order valence-corrected chi connectivity index (χ1v) is 6.55. The number of carbonyl (C=O) groups is 1. The predicted molar refractivity (Wildman–Crippen MR) is 77.2 cm³/mol. The number of ether oxygens (including phenoxy) is 2. The molecule has 110 valence electrons. The molecule has 0 fully saturated rings. The molecule has 6 heteroatoms. The number of amides is 1. The maximum absolute atomic E-state index is 11.6. The first kappa shape index (κ1) is 14.8. The highest BCUT2D eigenvalue weighted by molar-refractivity contribution is 5.77. The fourth-order valence-corrected chi connectivity index (χ4v) is 1.68. The summed E-state index contributed by atoms with van der Waals surface area (Å²) in [6, 6.07) is 7.08. The van der Waals surface area contributed by atoms with Crippen molar-refractivity contribution in [3.05, 3.63) is 48.5 Å². The summed E-state index contributed by atoms with van der Waals surface area (Å²) in [6.07, 6.45) is 5.62. The van der Waals surface area contributed by atoms with E-state index >= 15 is 0 Å². The van der Waals surface area contributed by atoms with E-state index in [1.54, 1.807) is 43.8 Å². The Morgan fingerprint density at radius 2 is 1.81 bits per heavy atom. The Kier molecular flexibility index (Phi) is 5.51. The summed E-state index contributed by atoms with van der Waals surface area (Å²) in [5, 5.41) is 2.78. The molecule has 0 unspecified atom stereocenters. The lowest BCUT2D eigenvalue weighted by molar-refractivity contribution is -0.123. The molecule has 1 amide bonds. The van der Waals surface area contributed by atoms with Crippen molar-refractivity contribution in [1.29, 1.82) is 0 Å². The van der Waals surface area contributed by atoms with E-state index in [0.717, 1.165) is 11.3 Å². The van der Waals surface area contributed by atoms with Gasteiger partial charge in [0.15, 0.2) is 6.61 Å². The van der Waals surface area contributed by atoms with Gasteiger partial charge in [-0.3, -0.25) is 4.79 Å². The van der Waals surface area contributed by atoms with Gasteiger partial charge in [0.1, 0.15) is 17.8 Å². The van der Waals surface area contributed by atoms with E-state index in [-0.39, 0.29) is 12.5 Å². The second kappa shape index (κ2) is 7.84. The number of hydrogen-bond acceptors (Lipinski definition) is 5. The second-order valence-electron chi connectivity index (χ2n) is 4.31. The quantitative estimate of drug-likeness (QED) is 0.829. The minimum absolute atomic E-state index is 0.0163. The summed E-state index contributed by atoms with van der Waals surface area (Å²) in [5.41, 5.74) is 0.980. The summed E-state index contributed by atoms with van der Waals surface area (Å²) in [5.74, 6) is 1.21. The second-order valence-corrected chi connectivity index (χ2v) is 4.31. The molecule has 0 aliphatic carbocycles. The van der Waals surface area contributed by atoms with Crippen LogP contribution in [-0.2, 0) is 11.2 Å². The van der Waals surface area contributed by atoms with Crippen molar-refractivity contribution >= 4 is 5.91 Å². The van der Waals surface area contributed by atoms with Gasteiger partial charge in [0.25, 0.3) is 5.91 Å². The van der Waals surface area contributed by atoms with Crippen LogP contribution in [0.1, 0.15) is 5.56 Å². The summed E-state index contributed by atoms with van der Waals surface area (Å²) < 4.78 is 10.4. The molecule has 0 saturated carbocycles. The van der Waals surface area contributed by atoms with E-state index in [1.165, 1.54) is 6.33 Å². The van der Waals surface area contributed by atoms with Gasteiger partial charge < -0.3 is 14.8 Å². The van der Waals surface area contributed by atoms with Crippen LogP contribution in [0.25, 0.3) is 0 Å². The molecule has 6 nitrogen and oxygen atoms in total. The van der Waals surface area contributed by atoms with Crippen LogP contribution in [-0.4, -0.2) is 36.1 Å². The average molecular weight is 287 g/mol. The molecule has 1 aromatic carbocycles. The van der Waals surface area contributed by atoms with Gasteiger partial charge in [-0.15, -0.1) is 0 Å². The molecular formula is C15H17N3O3. The van der Waals surface area contributed by atoms with Gasteiger partial charge in [-0.05, 0) is 36.2 Å².